The Morgan fingerprint density at radius 1 is 1.33 bits per heavy atom. The average Bonchev–Trinajstić information content (AvgIpc) is 2.57. The van der Waals surface area contributed by atoms with Crippen molar-refractivity contribution in [3.05, 3.63) is 10.6 Å². The van der Waals surface area contributed by atoms with Crippen molar-refractivity contribution in [1.82, 2.24) is 10.3 Å². The van der Waals surface area contributed by atoms with Gasteiger partial charge in [0.1, 0.15) is 0 Å². The van der Waals surface area contributed by atoms with Crippen molar-refractivity contribution in [3.63, 3.8) is 0 Å². The van der Waals surface area contributed by atoms with Gasteiger partial charge in [-0.2, -0.15) is 0 Å². The molecule has 18 heavy (non-hydrogen) atoms. The van der Waals surface area contributed by atoms with Crippen LogP contribution in [0.1, 0.15) is 24.4 Å². The van der Waals surface area contributed by atoms with E-state index < -0.39 is 17.4 Å². The van der Waals surface area contributed by atoms with Gasteiger partial charge in [0.05, 0.1) is 17.8 Å². The predicted molar refractivity (Wildman–Crippen MR) is 69.5 cm³/mol. The van der Waals surface area contributed by atoms with E-state index in [0.29, 0.717) is 5.13 Å². The van der Waals surface area contributed by atoms with E-state index >= 15 is 0 Å². The monoisotopic (exact) mass is 271 g/mol. The number of carbonyl (C=O) groups excluding carboxylic acids is 2. The van der Waals surface area contributed by atoms with Gasteiger partial charge in [-0.25, -0.2) is 4.98 Å². The molecule has 0 atom stereocenters. The van der Waals surface area contributed by atoms with Crippen LogP contribution in [0.4, 0.5) is 5.13 Å². The van der Waals surface area contributed by atoms with Crippen LogP contribution < -0.4 is 10.6 Å². The lowest BCUT2D eigenvalue weighted by Gasteiger charge is -2.22. The van der Waals surface area contributed by atoms with Crippen LogP contribution in [0.25, 0.3) is 0 Å². The zero-order valence-electron chi connectivity index (χ0n) is 10.8. The highest BCUT2D eigenvalue weighted by molar-refractivity contribution is 7.15. The molecular weight excluding hydrogens is 254 g/mol. The molecule has 1 aromatic heterocycles. The maximum atomic E-state index is 11.6. The van der Waals surface area contributed by atoms with Crippen molar-refractivity contribution in [2.24, 2.45) is 0 Å². The Balaban J connectivity index is 2.63. The molecule has 1 rings (SSSR count). The van der Waals surface area contributed by atoms with Crippen molar-refractivity contribution < 1.29 is 14.7 Å². The summed E-state index contributed by atoms with van der Waals surface area (Å²) < 4.78 is 0. The van der Waals surface area contributed by atoms with Crippen molar-refractivity contribution in [2.45, 2.75) is 33.2 Å². The smallest absolute Gasteiger partial charge is 0.315 e. The number of aromatic nitrogens is 1. The molecule has 2 amide bonds. The number of nitrogens with one attached hydrogen (secondary N) is 2. The van der Waals surface area contributed by atoms with Crippen molar-refractivity contribution in [1.29, 1.82) is 0 Å². The minimum atomic E-state index is -0.830. The van der Waals surface area contributed by atoms with Crippen LogP contribution in [0.5, 0.6) is 0 Å². The minimum absolute atomic E-state index is 0.249. The molecule has 6 nitrogen and oxygen atoms in total. The topological polar surface area (TPSA) is 91.3 Å². The van der Waals surface area contributed by atoms with E-state index in [1.165, 1.54) is 11.3 Å². The highest BCUT2D eigenvalue weighted by Crippen LogP contribution is 2.20. The van der Waals surface area contributed by atoms with Crippen LogP contribution in [-0.2, 0) is 9.59 Å². The second kappa shape index (κ2) is 5.45. The fourth-order valence-electron chi connectivity index (χ4n) is 1.08. The summed E-state index contributed by atoms with van der Waals surface area (Å²) in [6.45, 7) is 6.71. The van der Waals surface area contributed by atoms with Crippen molar-refractivity contribution in [2.75, 3.05) is 11.9 Å². The molecule has 0 saturated carbocycles. The first kappa shape index (κ1) is 14.6. The van der Waals surface area contributed by atoms with Gasteiger partial charge in [0.15, 0.2) is 5.13 Å². The molecule has 0 unspecified atom stereocenters. The maximum absolute atomic E-state index is 11.6. The molecule has 1 heterocycles. The second-order valence-electron chi connectivity index (χ2n) is 4.61. The lowest BCUT2D eigenvalue weighted by atomic mass is 10.1. The van der Waals surface area contributed by atoms with Gasteiger partial charge in [0, 0.05) is 4.88 Å². The molecule has 0 bridgehead atoms. The Hall–Kier alpha value is -1.47. The first-order valence-corrected chi connectivity index (χ1v) is 6.25. The zero-order valence-corrected chi connectivity index (χ0v) is 11.6. The minimum Gasteiger partial charge on any atom is -0.394 e. The molecule has 0 fully saturated rings. The normalized spacial score (nSPS) is 11.2. The highest BCUT2D eigenvalue weighted by atomic mass is 32.1. The van der Waals surface area contributed by atoms with E-state index in [1.807, 2.05) is 13.8 Å². The third kappa shape index (κ3) is 3.78. The molecule has 0 aliphatic heterocycles. The summed E-state index contributed by atoms with van der Waals surface area (Å²) in [4.78, 5) is 28.2. The molecule has 0 saturated heterocycles. The first-order valence-electron chi connectivity index (χ1n) is 5.43. The van der Waals surface area contributed by atoms with E-state index in [0.717, 1.165) is 10.6 Å². The van der Waals surface area contributed by atoms with Crippen LogP contribution in [0.2, 0.25) is 0 Å². The average molecular weight is 271 g/mol. The summed E-state index contributed by atoms with van der Waals surface area (Å²) in [5.41, 5.74) is -0.00486. The number of rotatable bonds is 3. The molecule has 0 aromatic carbocycles. The summed E-state index contributed by atoms with van der Waals surface area (Å²) in [6, 6.07) is 0. The quantitative estimate of drug-likeness (QED) is 0.701. The van der Waals surface area contributed by atoms with Gasteiger partial charge in [-0.3, -0.25) is 14.9 Å². The standard InChI is InChI=1S/C11H17N3O3S/c1-6-7(2)18-10(12-6)13-8(16)9(17)14-11(3,4)5-15/h15H,5H2,1-4H3,(H,14,17)(H,12,13,16). The van der Waals surface area contributed by atoms with Gasteiger partial charge < -0.3 is 10.4 Å². The summed E-state index contributed by atoms with van der Waals surface area (Å²) in [5, 5.41) is 14.2. The number of aryl methyl sites for hydroxylation is 2. The number of aliphatic hydroxyl groups excluding tert-OH is 1. The predicted octanol–water partition coefficient (Wildman–Crippen LogP) is 0.586. The zero-order chi connectivity index (χ0) is 13.9. The van der Waals surface area contributed by atoms with Crippen LogP contribution in [-0.4, -0.2) is 34.1 Å². The van der Waals surface area contributed by atoms with Gasteiger partial charge in [-0.1, -0.05) is 0 Å². The lowest BCUT2D eigenvalue weighted by Crippen LogP contribution is -2.50. The largest absolute Gasteiger partial charge is 0.394 e. The Morgan fingerprint density at radius 2 is 1.94 bits per heavy atom. The SMILES string of the molecule is Cc1nc(NC(=O)C(=O)NC(C)(C)CO)sc1C. The number of amides is 2. The first-order chi connectivity index (χ1) is 8.25. The fraction of sp³-hybridized carbons (Fsp3) is 0.545. The van der Waals surface area contributed by atoms with Crippen LogP contribution in [0, 0.1) is 13.8 Å². The Labute approximate surface area is 109 Å². The number of anilines is 1. The van der Waals surface area contributed by atoms with Crippen molar-refractivity contribution in [3.8, 4) is 0 Å². The molecular formula is C11H17N3O3S. The number of carbonyl (C=O) groups is 2. The third-order valence-electron chi connectivity index (χ3n) is 2.30. The number of thiazole rings is 1. The molecule has 0 aliphatic rings. The highest BCUT2D eigenvalue weighted by Gasteiger charge is 2.24. The molecule has 0 radical (unpaired) electrons. The molecule has 3 N–H and O–H groups in total. The van der Waals surface area contributed by atoms with Gasteiger partial charge in [-0.15, -0.1) is 11.3 Å². The molecule has 7 heteroatoms. The van der Waals surface area contributed by atoms with Crippen LogP contribution in [0.3, 0.4) is 0 Å². The fourth-order valence-corrected chi connectivity index (χ4v) is 1.89. The number of hydrogen-bond donors (Lipinski definition) is 3. The summed E-state index contributed by atoms with van der Waals surface area (Å²) in [5.74, 6) is -1.58. The summed E-state index contributed by atoms with van der Waals surface area (Å²) >= 11 is 1.31. The molecule has 1 aromatic rings. The number of hydrogen-bond acceptors (Lipinski definition) is 5. The number of aliphatic hydroxyl groups is 1. The van der Waals surface area contributed by atoms with Crippen LogP contribution in [0.15, 0.2) is 0 Å². The van der Waals surface area contributed by atoms with Gasteiger partial charge >= 0.3 is 11.8 Å². The molecule has 0 spiro atoms. The third-order valence-corrected chi connectivity index (χ3v) is 3.29. The Kier molecular flexibility index (Phi) is 4.42. The van der Waals surface area contributed by atoms with Crippen molar-refractivity contribution >= 4 is 28.3 Å². The number of nitrogens with zero attached hydrogens (tertiary/aromatic N) is 1. The van der Waals surface area contributed by atoms with Gasteiger partial charge in [0.2, 0.25) is 0 Å². The molecule has 100 valence electrons. The van der Waals surface area contributed by atoms with E-state index in [4.69, 9.17) is 5.11 Å². The van der Waals surface area contributed by atoms with E-state index in [1.54, 1.807) is 13.8 Å². The van der Waals surface area contributed by atoms with Gasteiger partial charge in [-0.05, 0) is 27.7 Å². The van der Waals surface area contributed by atoms with E-state index in [9.17, 15) is 9.59 Å². The van der Waals surface area contributed by atoms with Crippen LogP contribution >= 0.6 is 11.3 Å². The summed E-state index contributed by atoms with van der Waals surface area (Å²) in [6.07, 6.45) is 0. The van der Waals surface area contributed by atoms with Gasteiger partial charge in [0.25, 0.3) is 0 Å². The lowest BCUT2D eigenvalue weighted by molar-refractivity contribution is -0.137. The Bertz CT molecular complexity index is 449. The molecule has 0 aliphatic carbocycles. The second-order valence-corrected chi connectivity index (χ2v) is 5.81. The summed E-state index contributed by atoms with van der Waals surface area (Å²) in [7, 11) is 0. The maximum Gasteiger partial charge on any atom is 0.315 e. The Morgan fingerprint density at radius 3 is 2.39 bits per heavy atom. The van der Waals surface area contributed by atoms with E-state index in [2.05, 4.69) is 15.6 Å². The van der Waals surface area contributed by atoms with E-state index in [-0.39, 0.29) is 6.61 Å².